The minimum atomic E-state index is -0.439. The molecule has 0 unspecified atom stereocenters. The summed E-state index contributed by atoms with van der Waals surface area (Å²) in [6.45, 7) is 2.44. The fraction of sp³-hybridized carbons (Fsp3) is 0.125. The summed E-state index contributed by atoms with van der Waals surface area (Å²) in [5, 5.41) is 11.4. The van der Waals surface area contributed by atoms with Crippen molar-refractivity contribution in [2.45, 2.75) is 13.5 Å². The summed E-state index contributed by atoms with van der Waals surface area (Å²) < 4.78 is 2.62. The van der Waals surface area contributed by atoms with E-state index in [2.05, 4.69) is 4.99 Å². The van der Waals surface area contributed by atoms with Gasteiger partial charge in [0.15, 0.2) is 4.80 Å². The van der Waals surface area contributed by atoms with E-state index in [4.69, 9.17) is 11.6 Å². The number of nitrogens with zero attached hydrogens (tertiary/aromatic N) is 3. The van der Waals surface area contributed by atoms with Crippen LogP contribution in [0.15, 0.2) is 47.5 Å². The second-order valence-corrected chi connectivity index (χ2v) is 6.41. The molecule has 0 saturated carbocycles. The molecule has 0 saturated heterocycles. The number of aromatic nitrogens is 1. The third-order valence-corrected chi connectivity index (χ3v) is 4.76. The van der Waals surface area contributed by atoms with E-state index in [-0.39, 0.29) is 5.69 Å². The molecule has 1 amide bonds. The fourth-order valence-electron chi connectivity index (χ4n) is 2.33. The third-order valence-electron chi connectivity index (χ3n) is 3.46. The summed E-state index contributed by atoms with van der Waals surface area (Å²) in [6, 6.07) is 11.2. The van der Waals surface area contributed by atoms with Gasteiger partial charge in [0.25, 0.3) is 11.6 Å². The number of rotatable bonds is 3. The lowest BCUT2D eigenvalue weighted by Gasteiger charge is -2.00. The average molecular weight is 362 g/mol. The van der Waals surface area contributed by atoms with Crippen molar-refractivity contribution in [2.24, 2.45) is 4.99 Å². The summed E-state index contributed by atoms with van der Waals surface area (Å²) in [6.07, 6.45) is 0. The first kappa shape index (κ1) is 16.4. The Balaban J connectivity index is 2.15. The molecule has 0 atom stereocenters. The van der Waals surface area contributed by atoms with Crippen molar-refractivity contribution in [1.82, 2.24) is 4.57 Å². The zero-order valence-electron chi connectivity index (χ0n) is 12.6. The number of nitro groups is 1. The number of carbonyl (C=O) groups excluding carboxylic acids is 1. The van der Waals surface area contributed by atoms with E-state index in [1.54, 1.807) is 34.9 Å². The normalized spacial score (nSPS) is 11.8. The molecule has 1 heterocycles. The van der Waals surface area contributed by atoms with Crippen molar-refractivity contribution >= 4 is 44.7 Å². The Labute approximate surface area is 145 Å². The SMILES string of the molecule is CCn1c(=NC(=O)c2cccc(Cl)c2)sc2ccc([N+](=O)[O-])cc21. The molecule has 8 heteroatoms. The fourth-order valence-corrected chi connectivity index (χ4v) is 3.60. The minimum Gasteiger partial charge on any atom is -0.316 e. The van der Waals surface area contributed by atoms with Crippen molar-refractivity contribution in [1.29, 1.82) is 0 Å². The van der Waals surface area contributed by atoms with Crippen molar-refractivity contribution in [2.75, 3.05) is 0 Å². The lowest BCUT2D eigenvalue weighted by atomic mass is 10.2. The smallest absolute Gasteiger partial charge is 0.279 e. The number of fused-ring (bicyclic) bond motifs is 1. The van der Waals surface area contributed by atoms with Gasteiger partial charge in [-0.25, -0.2) is 0 Å². The van der Waals surface area contributed by atoms with Crippen molar-refractivity contribution in [3.63, 3.8) is 0 Å². The van der Waals surface area contributed by atoms with E-state index in [9.17, 15) is 14.9 Å². The van der Waals surface area contributed by atoms with Crippen LogP contribution in [0.2, 0.25) is 5.02 Å². The molecule has 3 aromatic rings. The first-order chi connectivity index (χ1) is 11.5. The standard InChI is InChI=1S/C16H12ClN3O3S/c1-2-19-13-9-12(20(22)23)6-7-14(13)24-16(19)18-15(21)10-4-3-5-11(17)8-10/h3-9H,2H2,1H3. The summed E-state index contributed by atoms with van der Waals surface area (Å²) in [5.74, 6) is -0.402. The van der Waals surface area contributed by atoms with Gasteiger partial charge in [-0.3, -0.25) is 14.9 Å². The Hall–Kier alpha value is -2.51. The number of carbonyl (C=O) groups is 1. The van der Waals surface area contributed by atoms with Gasteiger partial charge in [0.05, 0.1) is 15.1 Å². The van der Waals surface area contributed by atoms with Crippen molar-refractivity contribution < 1.29 is 9.72 Å². The number of benzene rings is 2. The zero-order valence-corrected chi connectivity index (χ0v) is 14.2. The van der Waals surface area contributed by atoms with Crippen LogP contribution in [0.1, 0.15) is 17.3 Å². The van der Waals surface area contributed by atoms with Gasteiger partial charge < -0.3 is 4.57 Å². The molecule has 24 heavy (non-hydrogen) atoms. The van der Waals surface area contributed by atoms with Crippen molar-refractivity contribution in [3.8, 4) is 0 Å². The largest absolute Gasteiger partial charge is 0.316 e. The van der Waals surface area contributed by atoms with Gasteiger partial charge in [-0.1, -0.05) is 29.0 Å². The third kappa shape index (κ3) is 3.08. The Bertz CT molecular complexity index is 1020. The van der Waals surface area contributed by atoms with Crippen LogP contribution in [-0.4, -0.2) is 15.4 Å². The van der Waals surface area contributed by atoms with Crippen LogP contribution in [0.25, 0.3) is 10.2 Å². The maximum Gasteiger partial charge on any atom is 0.279 e. The molecule has 0 aliphatic heterocycles. The Morgan fingerprint density at radius 3 is 2.79 bits per heavy atom. The summed E-state index contributed by atoms with van der Waals surface area (Å²) in [4.78, 5) is 27.5. The second-order valence-electron chi connectivity index (χ2n) is 4.97. The Morgan fingerprint density at radius 2 is 2.12 bits per heavy atom. The molecular formula is C16H12ClN3O3S. The van der Waals surface area contributed by atoms with Crippen LogP contribution in [0.3, 0.4) is 0 Å². The number of hydrogen-bond acceptors (Lipinski definition) is 4. The van der Waals surface area contributed by atoms with Crippen LogP contribution in [0.5, 0.6) is 0 Å². The highest BCUT2D eigenvalue weighted by molar-refractivity contribution is 7.16. The molecule has 0 radical (unpaired) electrons. The van der Waals surface area contributed by atoms with E-state index in [1.165, 1.54) is 23.5 Å². The molecular weight excluding hydrogens is 350 g/mol. The number of hydrogen-bond donors (Lipinski definition) is 0. The van der Waals surface area contributed by atoms with E-state index in [0.717, 1.165) is 4.70 Å². The van der Waals surface area contributed by atoms with E-state index >= 15 is 0 Å². The molecule has 0 N–H and O–H groups in total. The van der Waals surface area contributed by atoms with E-state index in [1.807, 2.05) is 6.92 Å². The lowest BCUT2D eigenvalue weighted by Crippen LogP contribution is -2.15. The molecule has 0 aliphatic carbocycles. The summed E-state index contributed by atoms with van der Waals surface area (Å²) >= 11 is 7.22. The molecule has 0 bridgehead atoms. The predicted octanol–water partition coefficient (Wildman–Crippen LogP) is 4.03. The van der Waals surface area contributed by atoms with Gasteiger partial charge in [-0.15, -0.1) is 0 Å². The van der Waals surface area contributed by atoms with Crippen LogP contribution in [0, 0.1) is 10.1 Å². The zero-order chi connectivity index (χ0) is 17.3. The maximum absolute atomic E-state index is 12.3. The van der Waals surface area contributed by atoms with Crippen LogP contribution in [-0.2, 0) is 6.54 Å². The predicted molar refractivity (Wildman–Crippen MR) is 93.5 cm³/mol. The summed E-state index contributed by atoms with van der Waals surface area (Å²) in [5.41, 5.74) is 1.10. The first-order valence-electron chi connectivity index (χ1n) is 7.12. The highest BCUT2D eigenvalue weighted by Gasteiger charge is 2.12. The maximum atomic E-state index is 12.3. The van der Waals surface area contributed by atoms with Crippen LogP contribution < -0.4 is 4.80 Å². The Morgan fingerprint density at radius 1 is 1.33 bits per heavy atom. The molecule has 0 spiro atoms. The summed E-state index contributed by atoms with van der Waals surface area (Å²) in [7, 11) is 0. The molecule has 3 rings (SSSR count). The molecule has 2 aromatic carbocycles. The van der Waals surface area contributed by atoms with Gasteiger partial charge in [0, 0.05) is 29.3 Å². The van der Waals surface area contributed by atoms with Crippen LogP contribution in [0.4, 0.5) is 5.69 Å². The quantitative estimate of drug-likeness (QED) is 0.522. The topological polar surface area (TPSA) is 77.5 Å². The number of halogens is 1. The second kappa shape index (κ2) is 6.54. The highest BCUT2D eigenvalue weighted by atomic mass is 35.5. The van der Waals surface area contributed by atoms with Crippen LogP contribution >= 0.6 is 22.9 Å². The van der Waals surface area contributed by atoms with Gasteiger partial charge in [-0.2, -0.15) is 4.99 Å². The number of aryl methyl sites for hydroxylation is 1. The number of non-ortho nitro benzene ring substituents is 1. The van der Waals surface area contributed by atoms with Gasteiger partial charge in [0.2, 0.25) is 0 Å². The molecule has 6 nitrogen and oxygen atoms in total. The van der Waals surface area contributed by atoms with E-state index in [0.29, 0.717) is 27.4 Å². The molecule has 0 fully saturated rings. The number of thiazole rings is 1. The molecule has 1 aromatic heterocycles. The number of nitro benzene ring substituents is 1. The van der Waals surface area contributed by atoms with Gasteiger partial charge in [0.1, 0.15) is 0 Å². The molecule has 122 valence electrons. The average Bonchev–Trinajstić information content (AvgIpc) is 2.90. The molecule has 0 aliphatic rings. The van der Waals surface area contributed by atoms with Gasteiger partial charge >= 0.3 is 0 Å². The first-order valence-corrected chi connectivity index (χ1v) is 8.31. The Kier molecular flexibility index (Phi) is 4.46. The monoisotopic (exact) mass is 361 g/mol. The number of amides is 1. The highest BCUT2D eigenvalue weighted by Crippen LogP contribution is 2.23. The van der Waals surface area contributed by atoms with Crippen molar-refractivity contribution in [3.05, 3.63) is 68.0 Å². The van der Waals surface area contributed by atoms with Gasteiger partial charge in [-0.05, 0) is 31.2 Å². The van der Waals surface area contributed by atoms with E-state index < -0.39 is 10.8 Å². The minimum absolute atomic E-state index is 0.00946. The lowest BCUT2D eigenvalue weighted by molar-refractivity contribution is -0.384.